The summed E-state index contributed by atoms with van der Waals surface area (Å²) in [4.78, 5) is 2.49. The summed E-state index contributed by atoms with van der Waals surface area (Å²) in [5, 5.41) is 0. The molecule has 0 aliphatic carbocycles. The molecule has 0 amide bonds. The fourth-order valence-corrected chi connectivity index (χ4v) is 6.26. The molecule has 2 heterocycles. The fourth-order valence-electron chi connectivity index (χ4n) is 6.26. The molecule has 5 aromatic rings. The highest BCUT2D eigenvalue weighted by atomic mass is 15.1. The van der Waals surface area contributed by atoms with Crippen LogP contribution in [0.4, 0.5) is 5.69 Å². The molecule has 1 nitrogen and oxygen atoms in total. The second kappa shape index (κ2) is 9.49. The van der Waals surface area contributed by atoms with Crippen LogP contribution in [-0.2, 0) is 0 Å². The molecule has 0 saturated carbocycles. The van der Waals surface area contributed by atoms with Crippen molar-refractivity contribution in [1.82, 2.24) is 0 Å². The summed E-state index contributed by atoms with van der Waals surface area (Å²) in [5.41, 5.74) is 14.9. The number of anilines is 1. The van der Waals surface area contributed by atoms with Crippen LogP contribution in [0.1, 0.15) is 12.5 Å². The Morgan fingerprint density at radius 2 is 1.15 bits per heavy atom. The van der Waals surface area contributed by atoms with Crippen LogP contribution in [-0.4, -0.2) is 6.85 Å². The van der Waals surface area contributed by atoms with E-state index in [9.17, 15) is 0 Å². The smallest absolute Gasteiger partial charge is 0.329 e. The molecule has 0 spiro atoms. The third-order valence-corrected chi connectivity index (χ3v) is 7.97. The van der Waals surface area contributed by atoms with E-state index in [-0.39, 0.29) is 6.85 Å². The molecule has 0 saturated heterocycles. The average molecular weight is 497 g/mol. The maximum absolute atomic E-state index is 4.31. The Kier molecular flexibility index (Phi) is 5.67. The number of benzene rings is 5. The molecule has 0 bridgehead atoms. The zero-order valence-corrected chi connectivity index (χ0v) is 22.0. The van der Waals surface area contributed by atoms with Crippen molar-refractivity contribution in [3.05, 3.63) is 157 Å². The summed E-state index contributed by atoms with van der Waals surface area (Å²) in [6, 6.07) is 44.0. The molecule has 7 rings (SSSR count). The van der Waals surface area contributed by atoms with Crippen molar-refractivity contribution in [2.45, 2.75) is 6.92 Å². The van der Waals surface area contributed by atoms with E-state index in [1.54, 1.807) is 0 Å². The van der Waals surface area contributed by atoms with Gasteiger partial charge in [-0.1, -0.05) is 122 Å². The summed E-state index contributed by atoms with van der Waals surface area (Å²) in [6.07, 6.45) is 6.39. The van der Waals surface area contributed by atoms with Crippen LogP contribution in [0.3, 0.4) is 0 Å². The van der Waals surface area contributed by atoms with Gasteiger partial charge in [0.25, 0.3) is 0 Å². The molecule has 0 fully saturated rings. The van der Waals surface area contributed by atoms with Gasteiger partial charge < -0.3 is 4.81 Å². The Bertz CT molecular complexity index is 1780. The number of fused-ring (bicyclic) bond motifs is 8. The van der Waals surface area contributed by atoms with Crippen molar-refractivity contribution in [2.24, 2.45) is 0 Å². The SMILES string of the molecule is C=CC1=C(/C=C\C)c2cc(-c3ccccc3)ccc2B2c3ccc(-c4ccccc4)cc3-c3ccccc3N21. The molecule has 5 aromatic carbocycles. The number of para-hydroxylation sites is 1. The van der Waals surface area contributed by atoms with E-state index in [0.29, 0.717) is 0 Å². The van der Waals surface area contributed by atoms with Gasteiger partial charge in [0.15, 0.2) is 0 Å². The Balaban J connectivity index is 1.51. The van der Waals surface area contributed by atoms with Crippen LogP contribution in [0.2, 0.25) is 0 Å². The maximum atomic E-state index is 4.31. The first-order chi connectivity index (χ1) is 19.3. The topological polar surface area (TPSA) is 3.24 Å². The Morgan fingerprint density at radius 1 is 0.590 bits per heavy atom. The molecule has 0 N–H and O–H groups in total. The summed E-state index contributed by atoms with van der Waals surface area (Å²) in [7, 11) is 0. The Labute approximate surface area is 231 Å². The predicted molar refractivity (Wildman–Crippen MR) is 169 cm³/mol. The summed E-state index contributed by atoms with van der Waals surface area (Å²) in [5.74, 6) is 0. The lowest BCUT2D eigenvalue weighted by atomic mass is 9.43. The quantitative estimate of drug-likeness (QED) is 0.227. The van der Waals surface area contributed by atoms with Crippen LogP contribution in [0, 0.1) is 0 Å². The average Bonchev–Trinajstić information content (AvgIpc) is 3.01. The third-order valence-electron chi connectivity index (χ3n) is 7.97. The zero-order chi connectivity index (χ0) is 26.3. The second-order valence-corrected chi connectivity index (χ2v) is 10.1. The van der Waals surface area contributed by atoms with Crippen molar-refractivity contribution >= 4 is 29.0 Å². The Hall–Kier alpha value is -4.82. The normalized spacial score (nSPS) is 13.6. The van der Waals surface area contributed by atoms with Crippen molar-refractivity contribution < 1.29 is 0 Å². The van der Waals surface area contributed by atoms with Crippen LogP contribution >= 0.6 is 0 Å². The summed E-state index contributed by atoms with van der Waals surface area (Å²) >= 11 is 0. The predicted octanol–water partition coefficient (Wildman–Crippen LogP) is 8.10. The molecule has 2 heteroatoms. The van der Waals surface area contributed by atoms with E-state index in [4.69, 9.17) is 0 Å². The molecular weight excluding hydrogens is 469 g/mol. The minimum Gasteiger partial charge on any atom is -0.376 e. The van der Waals surface area contributed by atoms with Gasteiger partial charge in [-0.3, -0.25) is 0 Å². The van der Waals surface area contributed by atoms with E-state index in [1.807, 2.05) is 6.08 Å². The molecule has 2 aliphatic heterocycles. The zero-order valence-electron chi connectivity index (χ0n) is 22.0. The molecular formula is C37H28BN. The first-order valence-corrected chi connectivity index (χ1v) is 13.6. The minimum atomic E-state index is 0.0570. The largest absolute Gasteiger partial charge is 0.376 e. The first kappa shape index (κ1) is 23.3. The van der Waals surface area contributed by atoms with Gasteiger partial charge >= 0.3 is 6.85 Å². The van der Waals surface area contributed by atoms with E-state index in [0.717, 1.165) is 5.70 Å². The van der Waals surface area contributed by atoms with E-state index in [1.165, 1.54) is 61.1 Å². The van der Waals surface area contributed by atoms with Gasteiger partial charge in [0.2, 0.25) is 0 Å². The molecule has 0 radical (unpaired) electrons. The van der Waals surface area contributed by atoms with Crippen molar-refractivity contribution in [3.63, 3.8) is 0 Å². The highest BCUT2D eigenvalue weighted by Crippen LogP contribution is 2.43. The lowest BCUT2D eigenvalue weighted by molar-refractivity contribution is 1.28. The third kappa shape index (κ3) is 3.72. The van der Waals surface area contributed by atoms with Crippen molar-refractivity contribution in [2.75, 3.05) is 4.81 Å². The lowest BCUT2D eigenvalue weighted by Gasteiger charge is -2.44. The molecule has 0 atom stereocenters. The van der Waals surface area contributed by atoms with Crippen LogP contribution in [0.15, 0.2) is 152 Å². The van der Waals surface area contributed by atoms with E-state index in [2.05, 4.69) is 152 Å². The first-order valence-electron chi connectivity index (χ1n) is 13.6. The lowest BCUT2D eigenvalue weighted by Crippen LogP contribution is -2.61. The monoisotopic (exact) mass is 497 g/mol. The minimum absolute atomic E-state index is 0.0570. The highest BCUT2D eigenvalue weighted by molar-refractivity contribution is 6.91. The maximum Gasteiger partial charge on any atom is 0.329 e. The number of rotatable bonds is 4. The van der Waals surface area contributed by atoms with Crippen LogP contribution in [0.5, 0.6) is 0 Å². The van der Waals surface area contributed by atoms with Gasteiger partial charge in [-0.15, -0.1) is 0 Å². The summed E-state index contributed by atoms with van der Waals surface area (Å²) in [6.45, 7) is 6.46. The standard InChI is InChI=1S/C37H28BN/c1-3-13-30-32-24-28(26-14-7-5-8-15-26)20-22-34(32)38-35-23-21-29(27-16-9-6-10-17-27)25-33(35)31-18-11-12-19-37(31)39(38)36(30)4-2/h3-25H,2H2,1H3/b13-3-. The van der Waals surface area contributed by atoms with E-state index < -0.39 is 0 Å². The second-order valence-electron chi connectivity index (χ2n) is 10.1. The number of hydrogen-bond donors (Lipinski definition) is 0. The number of allylic oxidation sites excluding steroid dienone is 4. The molecule has 2 aliphatic rings. The highest BCUT2D eigenvalue weighted by Gasteiger charge is 2.42. The van der Waals surface area contributed by atoms with Crippen molar-refractivity contribution in [3.8, 4) is 33.4 Å². The van der Waals surface area contributed by atoms with Gasteiger partial charge in [-0.25, -0.2) is 0 Å². The Morgan fingerprint density at radius 3 is 1.77 bits per heavy atom. The summed E-state index contributed by atoms with van der Waals surface area (Å²) < 4.78 is 0. The van der Waals surface area contributed by atoms with Gasteiger partial charge in [0.1, 0.15) is 0 Å². The fraction of sp³-hybridized carbons (Fsp3) is 0.0270. The van der Waals surface area contributed by atoms with Gasteiger partial charge in [-0.05, 0) is 75.5 Å². The van der Waals surface area contributed by atoms with E-state index >= 15 is 0 Å². The van der Waals surface area contributed by atoms with Crippen LogP contribution < -0.4 is 15.7 Å². The number of hydrogen-bond acceptors (Lipinski definition) is 1. The van der Waals surface area contributed by atoms with Crippen LogP contribution in [0.25, 0.3) is 39.0 Å². The molecule has 39 heavy (non-hydrogen) atoms. The van der Waals surface area contributed by atoms with Gasteiger partial charge in [0.05, 0.1) is 0 Å². The molecule has 0 aromatic heterocycles. The number of nitrogens with zero attached hydrogens (tertiary/aromatic N) is 1. The van der Waals surface area contributed by atoms with Gasteiger partial charge in [0, 0.05) is 22.5 Å². The van der Waals surface area contributed by atoms with Crippen molar-refractivity contribution in [1.29, 1.82) is 0 Å². The molecule has 0 unspecified atom stereocenters. The molecule has 184 valence electrons. The van der Waals surface area contributed by atoms with Gasteiger partial charge in [-0.2, -0.15) is 0 Å².